The molecule has 0 spiro atoms. The van der Waals surface area contributed by atoms with Crippen molar-refractivity contribution in [2.45, 2.75) is 0 Å². The minimum atomic E-state index is -0.566. The molecule has 2 rings (SSSR count). The quantitative estimate of drug-likeness (QED) is 0.529. The zero-order valence-corrected chi connectivity index (χ0v) is 9.78. The third kappa shape index (κ3) is 2.55. The van der Waals surface area contributed by atoms with Gasteiger partial charge >= 0.3 is 5.97 Å². The Bertz CT molecular complexity index is 641. The van der Waals surface area contributed by atoms with Crippen molar-refractivity contribution in [1.82, 2.24) is 4.98 Å². The molecule has 3 nitrogen and oxygen atoms in total. The van der Waals surface area contributed by atoms with Crippen molar-refractivity contribution in [3.63, 3.8) is 0 Å². The number of hydrogen-bond donors (Lipinski definition) is 0. The van der Waals surface area contributed by atoms with Gasteiger partial charge in [0.2, 0.25) is 0 Å². The average Bonchev–Trinajstić information content (AvgIpc) is 2.36. The van der Waals surface area contributed by atoms with Gasteiger partial charge in [-0.25, -0.2) is 4.79 Å². The number of pyridine rings is 1. The number of hydrogen-bond acceptors (Lipinski definition) is 3. The molecule has 1 heterocycles. The Labute approximate surface area is 103 Å². The first-order chi connectivity index (χ1) is 8.20. The van der Waals surface area contributed by atoms with Gasteiger partial charge in [-0.2, -0.15) is 0 Å². The first-order valence-electron chi connectivity index (χ1n) is 4.85. The topological polar surface area (TPSA) is 39.2 Å². The van der Waals surface area contributed by atoms with Crippen LogP contribution in [0.2, 0.25) is 5.02 Å². The van der Waals surface area contributed by atoms with E-state index >= 15 is 0 Å². The van der Waals surface area contributed by atoms with Gasteiger partial charge in [0.15, 0.2) is 0 Å². The third-order valence-corrected chi connectivity index (χ3v) is 2.51. The molecule has 0 amide bonds. The van der Waals surface area contributed by atoms with Crippen LogP contribution in [0.3, 0.4) is 0 Å². The largest absolute Gasteiger partial charge is 0.459 e. The molecular formula is C13H8ClNO2. The summed E-state index contributed by atoms with van der Waals surface area (Å²) in [5, 5.41) is 1.50. The molecule has 1 aromatic heterocycles. The number of methoxy groups -OCH3 is 1. The third-order valence-electron chi connectivity index (χ3n) is 2.18. The second-order valence-corrected chi connectivity index (χ2v) is 3.67. The molecule has 0 aliphatic heterocycles. The van der Waals surface area contributed by atoms with E-state index < -0.39 is 5.97 Å². The van der Waals surface area contributed by atoms with Gasteiger partial charge in [-0.3, -0.25) is 4.98 Å². The van der Waals surface area contributed by atoms with Gasteiger partial charge in [0.25, 0.3) is 0 Å². The van der Waals surface area contributed by atoms with Crippen LogP contribution in [0.15, 0.2) is 30.5 Å². The van der Waals surface area contributed by atoms with Crippen LogP contribution in [0.4, 0.5) is 0 Å². The van der Waals surface area contributed by atoms with Crippen molar-refractivity contribution in [1.29, 1.82) is 0 Å². The van der Waals surface area contributed by atoms with Crippen molar-refractivity contribution in [3.8, 4) is 11.8 Å². The van der Waals surface area contributed by atoms with Crippen LogP contribution in [0.5, 0.6) is 0 Å². The minimum absolute atomic E-state index is 0.566. The fraction of sp³-hybridized carbons (Fsp3) is 0.0769. The minimum Gasteiger partial charge on any atom is -0.459 e. The number of fused-ring (bicyclic) bond motifs is 1. The molecule has 0 atom stereocenters. The van der Waals surface area contributed by atoms with Gasteiger partial charge in [0.05, 0.1) is 17.6 Å². The van der Waals surface area contributed by atoms with Gasteiger partial charge in [0, 0.05) is 23.1 Å². The Morgan fingerprint density at radius 2 is 2.24 bits per heavy atom. The highest BCUT2D eigenvalue weighted by atomic mass is 35.5. The van der Waals surface area contributed by atoms with Crippen LogP contribution < -0.4 is 0 Å². The van der Waals surface area contributed by atoms with Crippen LogP contribution in [-0.4, -0.2) is 18.1 Å². The SMILES string of the molecule is COC(=O)C#Cc1ccc2c(Cl)ccnc2c1. The van der Waals surface area contributed by atoms with Gasteiger partial charge in [-0.1, -0.05) is 23.6 Å². The number of carbonyl (C=O) groups is 1. The molecule has 0 saturated carbocycles. The molecule has 84 valence electrons. The lowest BCUT2D eigenvalue weighted by molar-refractivity contribution is -0.133. The van der Waals surface area contributed by atoms with Crippen molar-refractivity contribution in [2.75, 3.05) is 7.11 Å². The number of benzene rings is 1. The molecule has 0 bridgehead atoms. The summed E-state index contributed by atoms with van der Waals surface area (Å²) in [5.74, 6) is 4.49. The number of aromatic nitrogens is 1. The molecular weight excluding hydrogens is 238 g/mol. The maximum atomic E-state index is 10.9. The van der Waals surface area contributed by atoms with Crippen LogP contribution in [0.25, 0.3) is 10.9 Å². The summed E-state index contributed by atoms with van der Waals surface area (Å²) < 4.78 is 4.43. The summed E-state index contributed by atoms with van der Waals surface area (Å²) in [4.78, 5) is 15.1. The molecule has 0 saturated heterocycles. The van der Waals surface area contributed by atoms with Crippen molar-refractivity contribution in [3.05, 3.63) is 41.0 Å². The highest BCUT2D eigenvalue weighted by Gasteiger charge is 2.00. The summed E-state index contributed by atoms with van der Waals surface area (Å²) >= 11 is 6.01. The lowest BCUT2D eigenvalue weighted by Gasteiger charge is -1.99. The van der Waals surface area contributed by atoms with E-state index in [1.165, 1.54) is 7.11 Å². The zero-order valence-electron chi connectivity index (χ0n) is 9.03. The molecule has 2 aromatic rings. The molecule has 0 N–H and O–H groups in total. The first-order valence-corrected chi connectivity index (χ1v) is 5.23. The van der Waals surface area contributed by atoms with E-state index in [1.54, 1.807) is 24.4 Å². The van der Waals surface area contributed by atoms with E-state index in [-0.39, 0.29) is 0 Å². The van der Waals surface area contributed by atoms with Gasteiger partial charge in [-0.15, -0.1) is 0 Å². The lowest BCUT2D eigenvalue weighted by atomic mass is 10.1. The fourth-order valence-corrected chi connectivity index (χ4v) is 1.58. The maximum absolute atomic E-state index is 10.9. The zero-order chi connectivity index (χ0) is 12.3. The van der Waals surface area contributed by atoms with Crippen molar-refractivity contribution >= 4 is 28.5 Å². The monoisotopic (exact) mass is 245 g/mol. The Morgan fingerprint density at radius 3 is 3.00 bits per heavy atom. The predicted octanol–water partition coefficient (Wildman–Crippen LogP) is 2.41. The Kier molecular flexibility index (Phi) is 3.27. The average molecular weight is 246 g/mol. The molecule has 0 fully saturated rings. The highest BCUT2D eigenvalue weighted by molar-refractivity contribution is 6.35. The number of nitrogens with zero attached hydrogens (tertiary/aromatic N) is 1. The second kappa shape index (κ2) is 4.86. The number of ether oxygens (including phenoxy) is 1. The van der Waals surface area contributed by atoms with E-state index in [4.69, 9.17) is 11.6 Å². The second-order valence-electron chi connectivity index (χ2n) is 3.27. The number of carbonyl (C=O) groups excluding carboxylic acids is 1. The Balaban J connectivity index is 2.44. The van der Waals surface area contributed by atoms with E-state index in [0.717, 1.165) is 10.9 Å². The van der Waals surface area contributed by atoms with Crippen LogP contribution >= 0.6 is 11.6 Å². The smallest absolute Gasteiger partial charge is 0.384 e. The normalized spacial score (nSPS) is 9.53. The van der Waals surface area contributed by atoms with Gasteiger partial charge in [0.1, 0.15) is 0 Å². The molecule has 0 radical (unpaired) electrons. The van der Waals surface area contributed by atoms with Crippen LogP contribution in [0, 0.1) is 11.8 Å². The summed E-state index contributed by atoms with van der Waals surface area (Å²) in [6, 6.07) is 7.11. The summed E-state index contributed by atoms with van der Waals surface area (Å²) in [6.07, 6.45) is 1.63. The summed E-state index contributed by atoms with van der Waals surface area (Å²) in [5.41, 5.74) is 1.44. The van der Waals surface area contributed by atoms with Crippen LogP contribution in [-0.2, 0) is 9.53 Å². The fourth-order valence-electron chi connectivity index (χ4n) is 1.37. The molecule has 0 unspecified atom stereocenters. The Hall–Kier alpha value is -2.05. The lowest BCUT2D eigenvalue weighted by Crippen LogP contribution is -1.94. The van der Waals surface area contributed by atoms with E-state index in [2.05, 4.69) is 21.6 Å². The highest BCUT2D eigenvalue weighted by Crippen LogP contribution is 2.21. The summed E-state index contributed by atoms with van der Waals surface area (Å²) in [6.45, 7) is 0. The molecule has 0 aliphatic rings. The van der Waals surface area contributed by atoms with Crippen molar-refractivity contribution in [2.24, 2.45) is 0 Å². The molecule has 1 aromatic carbocycles. The first kappa shape index (κ1) is 11.4. The molecule has 0 aliphatic carbocycles. The number of halogens is 1. The van der Waals surface area contributed by atoms with E-state index in [9.17, 15) is 4.79 Å². The standard InChI is InChI=1S/C13H8ClNO2/c1-17-13(16)5-3-9-2-4-10-11(14)6-7-15-12(10)8-9/h2,4,6-8H,1H3. The van der Waals surface area contributed by atoms with Crippen LogP contribution in [0.1, 0.15) is 5.56 Å². The Morgan fingerprint density at radius 1 is 1.41 bits per heavy atom. The van der Waals surface area contributed by atoms with Gasteiger partial charge < -0.3 is 4.74 Å². The molecule has 4 heteroatoms. The molecule has 17 heavy (non-hydrogen) atoms. The van der Waals surface area contributed by atoms with Gasteiger partial charge in [-0.05, 0) is 18.2 Å². The van der Waals surface area contributed by atoms with Crippen molar-refractivity contribution < 1.29 is 9.53 Å². The number of rotatable bonds is 0. The van der Waals surface area contributed by atoms with E-state index in [0.29, 0.717) is 10.6 Å². The number of esters is 1. The predicted molar refractivity (Wildman–Crippen MR) is 65.6 cm³/mol. The van der Waals surface area contributed by atoms with E-state index in [1.807, 2.05) is 6.07 Å². The summed E-state index contributed by atoms with van der Waals surface area (Å²) in [7, 11) is 1.29. The maximum Gasteiger partial charge on any atom is 0.384 e.